The second-order valence-corrected chi connectivity index (χ2v) is 7.39. The highest BCUT2D eigenvalue weighted by atomic mass is 32.2. The van der Waals surface area contributed by atoms with Crippen molar-refractivity contribution in [2.75, 3.05) is 12.4 Å². The van der Waals surface area contributed by atoms with Crippen molar-refractivity contribution < 1.29 is 9.15 Å². The lowest BCUT2D eigenvalue weighted by Crippen LogP contribution is -2.00. The van der Waals surface area contributed by atoms with E-state index in [2.05, 4.69) is 28.4 Å². The highest BCUT2D eigenvalue weighted by Gasteiger charge is 2.08. The number of unbranched alkanes of at least 4 members (excludes halogenated alkanes) is 2. The fourth-order valence-corrected chi connectivity index (χ4v) is 3.22. The summed E-state index contributed by atoms with van der Waals surface area (Å²) in [6.45, 7) is 0.640. The number of para-hydroxylation sites is 1. The van der Waals surface area contributed by atoms with Crippen molar-refractivity contribution in [3.05, 3.63) is 72.1 Å². The van der Waals surface area contributed by atoms with Gasteiger partial charge in [-0.25, -0.2) is 0 Å². The average Bonchev–Trinajstić information content (AvgIpc) is 3.23. The van der Waals surface area contributed by atoms with Crippen LogP contribution in [0.5, 0.6) is 5.75 Å². The molecule has 0 saturated carbocycles. The molecule has 0 aliphatic rings. The van der Waals surface area contributed by atoms with Crippen molar-refractivity contribution in [1.82, 2.24) is 10.2 Å². The fourth-order valence-electron chi connectivity index (χ4n) is 2.58. The van der Waals surface area contributed by atoms with Gasteiger partial charge in [-0.2, -0.15) is 5.26 Å². The molecule has 3 aromatic rings. The number of ether oxygens (including phenoxy) is 1. The number of hydrogen-bond donors (Lipinski definition) is 0. The summed E-state index contributed by atoms with van der Waals surface area (Å²) in [6.07, 6.45) is 6.56. The van der Waals surface area contributed by atoms with Crippen LogP contribution in [-0.2, 0) is 5.75 Å². The minimum atomic E-state index is 0.533. The maximum absolute atomic E-state index is 8.54. The third-order valence-corrected chi connectivity index (χ3v) is 4.97. The van der Waals surface area contributed by atoms with E-state index in [0.717, 1.165) is 35.5 Å². The lowest BCUT2D eigenvalue weighted by molar-refractivity contribution is 0.344. The maximum Gasteiger partial charge on any atom is 0.247 e. The minimum Gasteiger partial charge on any atom is -0.493 e. The lowest BCUT2D eigenvalue weighted by Gasteiger charge is -2.04. The number of nitrogens with zero attached hydrogens (tertiary/aromatic N) is 3. The Bertz CT molecular complexity index is 931. The summed E-state index contributed by atoms with van der Waals surface area (Å²) >= 11 is 1.70. The second-order valence-electron chi connectivity index (χ2n) is 6.29. The van der Waals surface area contributed by atoms with Crippen LogP contribution in [0.2, 0.25) is 0 Å². The van der Waals surface area contributed by atoms with Crippen LogP contribution >= 0.6 is 11.8 Å². The van der Waals surface area contributed by atoms with E-state index in [-0.39, 0.29) is 0 Å². The first kappa shape index (κ1) is 20.7. The molecular formula is C23H23N3O2S. The van der Waals surface area contributed by atoms with E-state index in [9.17, 15) is 0 Å². The van der Waals surface area contributed by atoms with Gasteiger partial charge in [-0.05, 0) is 42.7 Å². The molecule has 0 unspecified atom stereocenters. The maximum atomic E-state index is 8.54. The van der Waals surface area contributed by atoms with Crippen molar-refractivity contribution in [2.45, 2.75) is 25.0 Å². The quantitative estimate of drug-likeness (QED) is 0.378. The molecule has 148 valence electrons. The van der Waals surface area contributed by atoms with Gasteiger partial charge in [0.05, 0.1) is 18.4 Å². The van der Waals surface area contributed by atoms with Gasteiger partial charge in [-0.15, -0.1) is 22.0 Å². The van der Waals surface area contributed by atoms with Crippen LogP contribution < -0.4 is 4.74 Å². The number of aromatic nitrogens is 2. The third-order valence-electron chi connectivity index (χ3n) is 4.06. The average molecular weight is 406 g/mol. The normalized spacial score (nSPS) is 10.9. The Morgan fingerprint density at radius 2 is 1.90 bits per heavy atom. The molecule has 0 fully saturated rings. The molecule has 29 heavy (non-hydrogen) atoms. The van der Waals surface area contributed by atoms with Crippen LogP contribution in [0.25, 0.3) is 17.5 Å². The Labute approximate surface area is 175 Å². The first-order valence-corrected chi connectivity index (χ1v) is 10.7. The summed E-state index contributed by atoms with van der Waals surface area (Å²) in [4.78, 5) is 0. The van der Waals surface area contributed by atoms with Gasteiger partial charge < -0.3 is 9.15 Å². The molecule has 1 heterocycles. The Morgan fingerprint density at radius 1 is 1.07 bits per heavy atom. The van der Waals surface area contributed by atoms with E-state index in [1.165, 1.54) is 0 Å². The van der Waals surface area contributed by atoms with Crippen molar-refractivity contribution in [3.63, 3.8) is 0 Å². The third kappa shape index (κ3) is 7.13. The molecule has 2 aromatic carbocycles. The van der Waals surface area contributed by atoms with Gasteiger partial charge >= 0.3 is 0 Å². The zero-order valence-corrected chi connectivity index (χ0v) is 17.0. The predicted molar refractivity (Wildman–Crippen MR) is 116 cm³/mol. The summed E-state index contributed by atoms with van der Waals surface area (Å²) in [7, 11) is 0. The van der Waals surface area contributed by atoms with Gasteiger partial charge in [-0.1, -0.05) is 42.5 Å². The van der Waals surface area contributed by atoms with Crippen LogP contribution in [0.15, 0.2) is 65.1 Å². The van der Waals surface area contributed by atoms with E-state index in [1.807, 2.05) is 54.6 Å². The van der Waals surface area contributed by atoms with Crippen molar-refractivity contribution in [2.24, 2.45) is 0 Å². The van der Waals surface area contributed by atoms with Crippen LogP contribution in [0.1, 0.15) is 30.7 Å². The molecule has 3 rings (SSSR count). The Kier molecular flexibility index (Phi) is 8.36. The summed E-state index contributed by atoms with van der Waals surface area (Å²) in [5, 5.41) is 16.8. The lowest BCUT2D eigenvalue weighted by atomic mass is 10.1. The molecule has 0 atom stereocenters. The van der Waals surface area contributed by atoms with Gasteiger partial charge in [-0.3, -0.25) is 0 Å². The molecule has 1 aromatic heterocycles. The van der Waals surface area contributed by atoms with Crippen LogP contribution in [0.3, 0.4) is 0 Å². The van der Waals surface area contributed by atoms with Crippen LogP contribution in [-0.4, -0.2) is 22.6 Å². The number of benzene rings is 2. The molecule has 0 N–H and O–H groups in total. The molecule has 0 amide bonds. The first-order valence-electron chi connectivity index (χ1n) is 9.57. The van der Waals surface area contributed by atoms with Gasteiger partial charge in [0.25, 0.3) is 0 Å². The highest BCUT2D eigenvalue weighted by molar-refractivity contribution is 7.98. The summed E-state index contributed by atoms with van der Waals surface area (Å²) in [5.74, 6) is 3.54. The second kappa shape index (κ2) is 11.7. The van der Waals surface area contributed by atoms with E-state index in [0.29, 0.717) is 30.6 Å². The van der Waals surface area contributed by atoms with Gasteiger partial charge in [0.15, 0.2) is 0 Å². The van der Waals surface area contributed by atoms with Gasteiger partial charge in [0, 0.05) is 17.7 Å². The Balaban J connectivity index is 1.41. The Hall–Kier alpha value is -3.04. The largest absolute Gasteiger partial charge is 0.493 e. The molecular weight excluding hydrogens is 382 g/mol. The molecule has 5 nitrogen and oxygen atoms in total. The number of nitriles is 1. The summed E-state index contributed by atoms with van der Waals surface area (Å²) < 4.78 is 11.4. The topological polar surface area (TPSA) is 71.9 Å². The highest BCUT2D eigenvalue weighted by Crippen LogP contribution is 2.21. The molecule has 0 bridgehead atoms. The molecule has 0 radical (unpaired) electrons. The number of rotatable bonds is 11. The molecule has 0 spiro atoms. The number of allylic oxidation sites excluding steroid dienone is 1. The summed E-state index contributed by atoms with van der Waals surface area (Å²) in [5.41, 5.74) is 2.02. The smallest absolute Gasteiger partial charge is 0.247 e. The zero-order valence-electron chi connectivity index (χ0n) is 16.2. The van der Waals surface area contributed by atoms with Gasteiger partial charge in [0.1, 0.15) is 5.75 Å². The van der Waals surface area contributed by atoms with Crippen molar-refractivity contribution in [1.29, 1.82) is 5.26 Å². The predicted octanol–water partition coefficient (Wildman–Crippen LogP) is 5.76. The van der Waals surface area contributed by atoms with Crippen molar-refractivity contribution >= 4 is 17.8 Å². The van der Waals surface area contributed by atoms with Gasteiger partial charge in [0.2, 0.25) is 11.8 Å². The van der Waals surface area contributed by atoms with Crippen LogP contribution in [0, 0.1) is 11.3 Å². The molecule has 0 aliphatic carbocycles. The van der Waals surface area contributed by atoms with E-state index in [4.69, 9.17) is 14.4 Å². The van der Waals surface area contributed by atoms with E-state index < -0.39 is 0 Å². The fraction of sp³-hybridized carbons (Fsp3) is 0.261. The molecule has 0 aliphatic heterocycles. The summed E-state index contributed by atoms with van der Waals surface area (Å²) in [6, 6.07) is 19.9. The molecule has 6 heteroatoms. The first-order chi connectivity index (χ1) is 14.3. The minimum absolute atomic E-state index is 0.533. The number of thioether (sulfide) groups is 1. The van der Waals surface area contributed by atoms with Crippen molar-refractivity contribution in [3.8, 4) is 23.3 Å². The monoisotopic (exact) mass is 405 g/mol. The zero-order chi connectivity index (χ0) is 20.2. The SMILES string of the molecule is N#CCCC/C=C/c1ccc(-c2nnc(CSCCOc3ccccc3)o2)cc1. The van der Waals surface area contributed by atoms with Crippen LogP contribution in [0.4, 0.5) is 0 Å². The molecule has 0 saturated heterocycles. The van der Waals surface area contributed by atoms with E-state index in [1.54, 1.807) is 11.8 Å². The van der Waals surface area contributed by atoms with E-state index >= 15 is 0 Å². The Morgan fingerprint density at radius 3 is 2.69 bits per heavy atom. The standard InChI is InChI=1S/C23H23N3O2S/c24-15-7-2-1-4-8-19-11-13-20(14-12-19)23-26-25-22(28-23)18-29-17-16-27-21-9-5-3-6-10-21/h3-6,8-14H,1-2,7,16-18H2/b8-4+. The number of hydrogen-bond acceptors (Lipinski definition) is 6.